The lowest BCUT2D eigenvalue weighted by Gasteiger charge is -2.04. The first-order valence-corrected chi connectivity index (χ1v) is 8.95. The Kier molecular flexibility index (Phi) is 4.63. The van der Waals surface area contributed by atoms with Crippen LogP contribution in [0.5, 0.6) is 5.75 Å². The number of methoxy groups -OCH3 is 1. The van der Waals surface area contributed by atoms with Gasteiger partial charge in [-0.25, -0.2) is 4.98 Å². The van der Waals surface area contributed by atoms with Crippen LogP contribution in [0.3, 0.4) is 0 Å². The summed E-state index contributed by atoms with van der Waals surface area (Å²) >= 11 is 1.14. The zero-order chi connectivity index (χ0) is 18.6. The summed E-state index contributed by atoms with van der Waals surface area (Å²) in [6.07, 6.45) is 1.79. The Labute approximate surface area is 159 Å². The van der Waals surface area contributed by atoms with Gasteiger partial charge in [-0.05, 0) is 47.9 Å². The molecular weight excluding hydrogens is 362 g/mol. The highest BCUT2D eigenvalue weighted by Crippen LogP contribution is 2.25. The average Bonchev–Trinajstić information content (AvgIpc) is 3.41. The number of H-pyrrole nitrogens is 1. The number of aromatic nitrogens is 4. The van der Waals surface area contributed by atoms with Gasteiger partial charge in [-0.2, -0.15) is 0 Å². The number of hydrogen-bond acceptors (Lipinski definition) is 6. The van der Waals surface area contributed by atoms with Gasteiger partial charge in [0.1, 0.15) is 11.6 Å². The van der Waals surface area contributed by atoms with Gasteiger partial charge < -0.3 is 15.0 Å². The van der Waals surface area contributed by atoms with Crippen molar-refractivity contribution in [1.29, 1.82) is 0 Å². The summed E-state index contributed by atoms with van der Waals surface area (Å²) in [4.78, 5) is 19.8. The molecule has 0 bridgehead atoms. The summed E-state index contributed by atoms with van der Waals surface area (Å²) in [5.41, 5.74) is 3.79. The van der Waals surface area contributed by atoms with Crippen LogP contribution < -0.4 is 10.1 Å². The molecule has 2 aromatic carbocycles. The molecule has 0 unspecified atom stereocenters. The third kappa shape index (κ3) is 3.70. The van der Waals surface area contributed by atoms with Gasteiger partial charge in [0.05, 0.1) is 19.0 Å². The summed E-state index contributed by atoms with van der Waals surface area (Å²) in [5, 5.41) is 8.15. The Morgan fingerprint density at radius 3 is 2.74 bits per heavy atom. The molecule has 134 valence electrons. The molecule has 0 aliphatic heterocycles. The van der Waals surface area contributed by atoms with Gasteiger partial charge in [-0.3, -0.25) is 4.79 Å². The summed E-state index contributed by atoms with van der Waals surface area (Å²) in [7, 11) is 1.64. The molecule has 1 amide bonds. The van der Waals surface area contributed by atoms with Crippen molar-refractivity contribution in [3.8, 4) is 28.4 Å². The number of aromatic amines is 1. The number of nitrogens with one attached hydrogen (secondary N) is 2. The number of imidazole rings is 1. The third-order valence-electron chi connectivity index (χ3n) is 3.97. The minimum absolute atomic E-state index is 0.283. The van der Waals surface area contributed by atoms with E-state index < -0.39 is 0 Å². The average molecular weight is 377 g/mol. The lowest BCUT2D eigenvalue weighted by molar-refractivity contribution is 0.102. The smallest absolute Gasteiger partial charge is 0.277 e. The largest absolute Gasteiger partial charge is 0.497 e. The molecule has 2 aromatic heterocycles. The molecule has 27 heavy (non-hydrogen) atoms. The van der Waals surface area contributed by atoms with Gasteiger partial charge in [-0.15, -0.1) is 5.10 Å². The molecule has 7 nitrogen and oxygen atoms in total. The van der Waals surface area contributed by atoms with Gasteiger partial charge in [-0.1, -0.05) is 16.6 Å². The van der Waals surface area contributed by atoms with Crippen LogP contribution in [0.25, 0.3) is 22.6 Å². The Bertz CT molecular complexity index is 1060. The molecule has 0 saturated carbocycles. The van der Waals surface area contributed by atoms with Crippen molar-refractivity contribution in [3.63, 3.8) is 0 Å². The van der Waals surface area contributed by atoms with Crippen molar-refractivity contribution in [3.05, 3.63) is 65.8 Å². The van der Waals surface area contributed by atoms with E-state index in [-0.39, 0.29) is 5.91 Å². The summed E-state index contributed by atoms with van der Waals surface area (Å²) in [5.74, 6) is 1.25. The number of rotatable bonds is 5. The number of hydrogen-bond donors (Lipinski definition) is 2. The highest BCUT2D eigenvalue weighted by atomic mass is 32.1. The highest BCUT2D eigenvalue weighted by molar-refractivity contribution is 7.03. The van der Waals surface area contributed by atoms with Crippen LogP contribution in [-0.2, 0) is 0 Å². The van der Waals surface area contributed by atoms with Crippen molar-refractivity contribution >= 4 is 23.1 Å². The van der Waals surface area contributed by atoms with Crippen LogP contribution in [0, 0.1) is 0 Å². The number of nitrogens with zero attached hydrogens (tertiary/aromatic N) is 3. The fourth-order valence-corrected chi connectivity index (χ4v) is 3.01. The molecule has 2 heterocycles. The second-order valence-corrected chi connectivity index (χ2v) is 6.31. The van der Waals surface area contributed by atoms with Gasteiger partial charge in [0.25, 0.3) is 5.91 Å². The molecule has 0 fully saturated rings. The fourth-order valence-electron chi connectivity index (χ4n) is 2.58. The minimum atomic E-state index is -0.283. The zero-order valence-electron chi connectivity index (χ0n) is 14.3. The maximum absolute atomic E-state index is 12.0. The van der Waals surface area contributed by atoms with Crippen LogP contribution in [0.2, 0.25) is 0 Å². The molecule has 0 radical (unpaired) electrons. The van der Waals surface area contributed by atoms with E-state index in [1.807, 2.05) is 48.5 Å². The number of ether oxygens (including phenoxy) is 1. The Balaban J connectivity index is 1.51. The molecule has 4 aromatic rings. The van der Waals surface area contributed by atoms with Crippen LogP contribution in [0.15, 0.2) is 60.1 Å². The molecule has 0 saturated heterocycles. The molecule has 0 atom stereocenters. The number of anilines is 1. The summed E-state index contributed by atoms with van der Waals surface area (Å²) in [6, 6.07) is 15.2. The Morgan fingerprint density at radius 1 is 1.15 bits per heavy atom. The fraction of sp³-hybridized carbons (Fsp3) is 0.0526. The first kappa shape index (κ1) is 16.9. The Morgan fingerprint density at radius 2 is 2.00 bits per heavy atom. The normalized spacial score (nSPS) is 10.6. The van der Waals surface area contributed by atoms with Crippen molar-refractivity contribution in [1.82, 2.24) is 19.6 Å². The molecule has 4 rings (SSSR count). The van der Waals surface area contributed by atoms with E-state index >= 15 is 0 Å². The van der Waals surface area contributed by atoms with Crippen LogP contribution in [0.4, 0.5) is 5.69 Å². The van der Waals surface area contributed by atoms with Crippen molar-refractivity contribution < 1.29 is 9.53 Å². The highest BCUT2D eigenvalue weighted by Gasteiger charge is 2.10. The van der Waals surface area contributed by atoms with E-state index in [9.17, 15) is 4.79 Å². The van der Waals surface area contributed by atoms with Crippen LogP contribution in [0.1, 0.15) is 10.5 Å². The third-order valence-corrected chi connectivity index (χ3v) is 4.47. The van der Waals surface area contributed by atoms with E-state index in [1.54, 1.807) is 18.7 Å². The number of benzene rings is 2. The molecule has 0 aliphatic rings. The monoisotopic (exact) mass is 377 g/mol. The van der Waals surface area contributed by atoms with Gasteiger partial charge >= 0.3 is 0 Å². The van der Waals surface area contributed by atoms with Gasteiger partial charge in [0.2, 0.25) is 0 Å². The lowest BCUT2D eigenvalue weighted by Crippen LogP contribution is -2.12. The van der Waals surface area contributed by atoms with Crippen molar-refractivity contribution in [2.24, 2.45) is 0 Å². The van der Waals surface area contributed by atoms with Crippen molar-refractivity contribution in [2.45, 2.75) is 0 Å². The van der Waals surface area contributed by atoms with E-state index in [1.165, 1.54) is 0 Å². The van der Waals surface area contributed by atoms with Crippen LogP contribution in [-0.4, -0.2) is 32.6 Å². The molecular formula is C19H15N5O2S. The maximum atomic E-state index is 12.0. The topological polar surface area (TPSA) is 92.8 Å². The summed E-state index contributed by atoms with van der Waals surface area (Å²) in [6.45, 7) is 0. The van der Waals surface area contributed by atoms with Crippen molar-refractivity contribution in [2.75, 3.05) is 12.4 Å². The number of carbonyl (C=O) groups is 1. The maximum Gasteiger partial charge on any atom is 0.277 e. The van der Waals surface area contributed by atoms with Crippen LogP contribution >= 0.6 is 11.5 Å². The first-order valence-electron chi connectivity index (χ1n) is 8.11. The first-order chi connectivity index (χ1) is 13.2. The standard InChI is InChI=1S/C19H15N5O2S/c1-26-15-4-2-3-13(9-15)16-10-20-18(22-16)12-5-7-14(8-6-12)21-19(25)17-11-27-24-23-17/h2-11H,1H3,(H,20,22)(H,21,25). The van der Waals surface area contributed by atoms with Gasteiger partial charge in [0.15, 0.2) is 5.69 Å². The Hall–Kier alpha value is -3.52. The second-order valence-electron chi connectivity index (χ2n) is 5.70. The minimum Gasteiger partial charge on any atom is -0.497 e. The van der Waals surface area contributed by atoms with Gasteiger partial charge in [0, 0.05) is 22.2 Å². The predicted octanol–water partition coefficient (Wildman–Crippen LogP) is 3.86. The lowest BCUT2D eigenvalue weighted by atomic mass is 10.1. The molecule has 8 heteroatoms. The van der Waals surface area contributed by atoms with E-state index in [2.05, 4.69) is 24.9 Å². The van der Waals surface area contributed by atoms with E-state index in [4.69, 9.17) is 4.74 Å². The molecule has 2 N–H and O–H groups in total. The van der Waals surface area contributed by atoms with E-state index in [0.717, 1.165) is 39.9 Å². The number of amides is 1. The quantitative estimate of drug-likeness (QED) is 0.551. The second kappa shape index (κ2) is 7.38. The summed E-state index contributed by atoms with van der Waals surface area (Å²) < 4.78 is 8.95. The predicted molar refractivity (Wildman–Crippen MR) is 104 cm³/mol. The van der Waals surface area contributed by atoms with E-state index in [0.29, 0.717) is 11.4 Å². The number of carbonyl (C=O) groups excluding carboxylic acids is 1. The SMILES string of the molecule is COc1cccc(-c2cnc(-c3ccc(NC(=O)c4csnn4)cc3)[nH]2)c1. The molecule has 0 spiro atoms. The zero-order valence-corrected chi connectivity index (χ0v) is 15.2. The molecule has 0 aliphatic carbocycles.